The standard InChI is InChI=1S/C13H17Cl2N3/c1-3-10-11(4-2)17-13(16-10)18-12-8(14)6-5-7-9(12)15/h5-7,10-11H,3-4H2,1-2H3,(H2,16,17,18). The van der Waals surface area contributed by atoms with Crippen molar-refractivity contribution in [1.29, 1.82) is 0 Å². The first-order valence-electron chi connectivity index (χ1n) is 6.21. The van der Waals surface area contributed by atoms with E-state index in [-0.39, 0.29) is 0 Å². The molecule has 0 aromatic heterocycles. The molecule has 2 unspecified atom stereocenters. The Labute approximate surface area is 118 Å². The van der Waals surface area contributed by atoms with Gasteiger partial charge in [-0.05, 0) is 25.0 Å². The van der Waals surface area contributed by atoms with Crippen LogP contribution in [0.15, 0.2) is 23.2 Å². The molecule has 1 fully saturated rings. The summed E-state index contributed by atoms with van der Waals surface area (Å²) in [4.78, 5) is 4.48. The molecule has 2 N–H and O–H groups in total. The van der Waals surface area contributed by atoms with Gasteiger partial charge >= 0.3 is 0 Å². The van der Waals surface area contributed by atoms with Gasteiger partial charge in [0.1, 0.15) is 5.69 Å². The van der Waals surface area contributed by atoms with E-state index in [0.29, 0.717) is 27.8 Å². The minimum Gasteiger partial charge on any atom is -0.351 e. The molecule has 0 amide bonds. The summed E-state index contributed by atoms with van der Waals surface area (Å²) in [6, 6.07) is 6.21. The van der Waals surface area contributed by atoms with Crippen molar-refractivity contribution in [2.24, 2.45) is 4.99 Å². The summed E-state index contributed by atoms with van der Waals surface area (Å²) >= 11 is 12.2. The molecule has 5 heteroatoms. The maximum atomic E-state index is 6.10. The highest BCUT2D eigenvalue weighted by molar-refractivity contribution is 6.38. The van der Waals surface area contributed by atoms with Crippen LogP contribution in [0.1, 0.15) is 26.7 Å². The molecule has 0 bridgehead atoms. The van der Waals surface area contributed by atoms with E-state index in [1.807, 2.05) is 6.07 Å². The van der Waals surface area contributed by atoms with Gasteiger partial charge in [-0.3, -0.25) is 0 Å². The molecular formula is C13H17Cl2N3. The lowest BCUT2D eigenvalue weighted by molar-refractivity contribution is 0.484. The van der Waals surface area contributed by atoms with Crippen LogP contribution >= 0.6 is 23.2 Å². The lowest BCUT2D eigenvalue weighted by Crippen LogP contribution is -2.31. The number of halogens is 2. The average Bonchev–Trinajstić information content (AvgIpc) is 2.76. The monoisotopic (exact) mass is 285 g/mol. The second-order valence-electron chi connectivity index (χ2n) is 4.35. The molecule has 1 saturated heterocycles. The summed E-state index contributed by atoms with van der Waals surface area (Å²) in [6.07, 6.45) is 2.11. The molecule has 0 saturated carbocycles. The summed E-state index contributed by atoms with van der Waals surface area (Å²) in [5, 5.41) is 7.86. The first kappa shape index (κ1) is 13.5. The predicted octanol–water partition coefficient (Wildman–Crippen LogP) is 3.73. The van der Waals surface area contributed by atoms with Gasteiger partial charge in [-0.15, -0.1) is 0 Å². The number of guanidine groups is 1. The van der Waals surface area contributed by atoms with Crippen molar-refractivity contribution in [3.8, 4) is 0 Å². The van der Waals surface area contributed by atoms with E-state index in [2.05, 4.69) is 29.5 Å². The van der Waals surface area contributed by atoms with Crippen LogP contribution in [-0.4, -0.2) is 18.0 Å². The number of nitrogens with one attached hydrogen (secondary N) is 2. The zero-order chi connectivity index (χ0) is 13.1. The number of nitrogens with zero attached hydrogens (tertiary/aromatic N) is 1. The van der Waals surface area contributed by atoms with E-state index in [9.17, 15) is 0 Å². The molecule has 1 aliphatic rings. The van der Waals surface area contributed by atoms with Crippen LogP contribution in [0.4, 0.5) is 5.69 Å². The van der Waals surface area contributed by atoms with E-state index in [0.717, 1.165) is 18.8 Å². The van der Waals surface area contributed by atoms with Crippen molar-refractivity contribution in [2.45, 2.75) is 38.8 Å². The number of aliphatic imine (C=N–C) groups is 1. The fourth-order valence-electron chi connectivity index (χ4n) is 2.14. The molecule has 0 aliphatic carbocycles. The number of para-hydroxylation sites is 1. The van der Waals surface area contributed by atoms with Crippen LogP contribution in [0.25, 0.3) is 0 Å². The molecule has 1 aromatic carbocycles. The zero-order valence-electron chi connectivity index (χ0n) is 10.5. The van der Waals surface area contributed by atoms with Gasteiger partial charge in [0.15, 0.2) is 5.96 Å². The van der Waals surface area contributed by atoms with E-state index >= 15 is 0 Å². The lowest BCUT2D eigenvalue weighted by atomic mass is 10.1. The zero-order valence-corrected chi connectivity index (χ0v) is 12.0. The number of hydrogen-bond donors (Lipinski definition) is 2. The third-order valence-corrected chi connectivity index (χ3v) is 3.78. The smallest absolute Gasteiger partial charge is 0.197 e. The molecular weight excluding hydrogens is 269 g/mol. The molecule has 2 atom stereocenters. The SMILES string of the molecule is CCC1NC(=Nc2c(Cl)cccc2Cl)NC1CC. The van der Waals surface area contributed by atoms with Crippen molar-refractivity contribution in [2.75, 3.05) is 0 Å². The molecule has 0 spiro atoms. The molecule has 0 radical (unpaired) electrons. The van der Waals surface area contributed by atoms with Crippen molar-refractivity contribution in [3.63, 3.8) is 0 Å². The molecule has 2 rings (SSSR count). The molecule has 1 heterocycles. The van der Waals surface area contributed by atoms with E-state index in [1.54, 1.807) is 12.1 Å². The second-order valence-corrected chi connectivity index (χ2v) is 5.16. The van der Waals surface area contributed by atoms with Gasteiger partial charge in [0.05, 0.1) is 10.0 Å². The molecule has 18 heavy (non-hydrogen) atoms. The minimum absolute atomic E-state index is 0.412. The Balaban J connectivity index is 2.25. The first-order valence-corrected chi connectivity index (χ1v) is 6.97. The van der Waals surface area contributed by atoms with E-state index in [4.69, 9.17) is 23.2 Å². The van der Waals surface area contributed by atoms with Crippen LogP contribution in [-0.2, 0) is 0 Å². The highest BCUT2D eigenvalue weighted by atomic mass is 35.5. The van der Waals surface area contributed by atoms with Gasteiger partial charge < -0.3 is 10.6 Å². The highest BCUT2D eigenvalue weighted by Gasteiger charge is 2.27. The number of rotatable bonds is 3. The Hall–Kier alpha value is -0.930. The topological polar surface area (TPSA) is 36.4 Å². The van der Waals surface area contributed by atoms with Crippen LogP contribution in [0, 0.1) is 0 Å². The summed E-state index contributed by atoms with van der Waals surface area (Å²) in [6.45, 7) is 4.32. The van der Waals surface area contributed by atoms with Gasteiger partial charge in [-0.1, -0.05) is 43.1 Å². The summed E-state index contributed by atoms with van der Waals surface area (Å²) in [7, 11) is 0. The highest BCUT2D eigenvalue weighted by Crippen LogP contribution is 2.32. The maximum absolute atomic E-state index is 6.10. The van der Waals surface area contributed by atoms with Gasteiger partial charge in [-0.2, -0.15) is 0 Å². The fraction of sp³-hybridized carbons (Fsp3) is 0.462. The van der Waals surface area contributed by atoms with Gasteiger partial charge in [0, 0.05) is 12.1 Å². The summed E-state index contributed by atoms with van der Waals surface area (Å²) in [5.74, 6) is 0.753. The summed E-state index contributed by atoms with van der Waals surface area (Å²) in [5.41, 5.74) is 0.613. The minimum atomic E-state index is 0.412. The Bertz CT molecular complexity index is 425. The molecule has 98 valence electrons. The molecule has 3 nitrogen and oxygen atoms in total. The van der Waals surface area contributed by atoms with Gasteiger partial charge in [-0.25, -0.2) is 4.99 Å². The Kier molecular flexibility index (Phi) is 4.36. The van der Waals surface area contributed by atoms with Crippen molar-refractivity contribution in [3.05, 3.63) is 28.2 Å². The third kappa shape index (κ3) is 2.73. The number of benzene rings is 1. The Morgan fingerprint density at radius 2 is 1.56 bits per heavy atom. The van der Waals surface area contributed by atoms with Crippen LogP contribution < -0.4 is 10.6 Å². The van der Waals surface area contributed by atoms with Gasteiger partial charge in [0.2, 0.25) is 0 Å². The van der Waals surface area contributed by atoms with Crippen molar-refractivity contribution in [1.82, 2.24) is 10.6 Å². The van der Waals surface area contributed by atoms with Crippen molar-refractivity contribution < 1.29 is 0 Å². The predicted molar refractivity (Wildman–Crippen MR) is 78.0 cm³/mol. The van der Waals surface area contributed by atoms with E-state index in [1.165, 1.54) is 0 Å². The van der Waals surface area contributed by atoms with Crippen LogP contribution in [0.5, 0.6) is 0 Å². The number of hydrogen-bond acceptors (Lipinski definition) is 1. The average molecular weight is 286 g/mol. The Morgan fingerprint density at radius 1 is 1.06 bits per heavy atom. The van der Waals surface area contributed by atoms with Crippen LogP contribution in [0.2, 0.25) is 10.0 Å². The summed E-state index contributed by atoms with van der Waals surface area (Å²) < 4.78 is 0. The van der Waals surface area contributed by atoms with Crippen molar-refractivity contribution >= 4 is 34.8 Å². The maximum Gasteiger partial charge on any atom is 0.197 e. The molecule has 1 aromatic rings. The van der Waals surface area contributed by atoms with E-state index < -0.39 is 0 Å². The third-order valence-electron chi connectivity index (χ3n) is 3.17. The quantitative estimate of drug-likeness (QED) is 0.888. The fourth-order valence-corrected chi connectivity index (χ4v) is 2.62. The second kappa shape index (κ2) is 5.81. The normalized spacial score (nSPS) is 22.6. The Morgan fingerprint density at radius 3 is 2.00 bits per heavy atom. The lowest BCUT2D eigenvalue weighted by Gasteiger charge is -2.13. The first-order chi connectivity index (χ1) is 8.65. The van der Waals surface area contributed by atoms with Crippen LogP contribution in [0.3, 0.4) is 0 Å². The largest absolute Gasteiger partial charge is 0.351 e. The molecule has 1 aliphatic heterocycles. The van der Waals surface area contributed by atoms with Gasteiger partial charge in [0.25, 0.3) is 0 Å².